The van der Waals surface area contributed by atoms with E-state index < -0.39 is 0 Å². The zero-order valence-corrected chi connectivity index (χ0v) is 10.2. The van der Waals surface area contributed by atoms with Crippen LogP contribution in [0, 0.1) is 0 Å². The number of para-hydroxylation sites is 1. The van der Waals surface area contributed by atoms with E-state index in [1.165, 1.54) is 6.42 Å². The highest BCUT2D eigenvalue weighted by Gasteiger charge is 2.35. The molecule has 3 nitrogen and oxygen atoms in total. The number of aliphatic hydroxyl groups is 1. The summed E-state index contributed by atoms with van der Waals surface area (Å²) in [6.45, 7) is 1.89. The normalized spacial score (nSPS) is 17.5. The zero-order chi connectivity index (χ0) is 12.0. The molecule has 17 heavy (non-hydrogen) atoms. The van der Waals surface area contributed by atoms with Crippen LogP contribution in [0.25, 0.3) is 0 Å². The Hall–Kier alpha value is -1.06. The number of nitrogens with one attached hydrogen (secondary N) is 1. The lowest BCUT2D eigenvalue weighted by Crippen LogP contribution is -2.54. The van der Waals surface area contributed by atoms with Crippen molar-refractivity contribution in [3.63, 3.8) is 0 Å². The lowest BCUT2D eigenvalue weighted by molar-refractivity contribution is 0.0875. The van der Waals surface area contributed by atoms with Crippen molar-refractivity contribution in [2.75, 3.05) is 19.8 Å². The second kappa shape index (κ2) is 6.03. The summed E-state index contributed by atoms with van der Waals surface area (Å²) in [5, 5.41) is 12.7. The topological polar surface area (TPSA) is 41.5 Å². The maximum atomic E-state index is 9.28. The molecule has 2 N–H and O–H groups in total. The van der Waals surface area contributed by atoms with Crippen molar-refractivity contribution < 1.29 is 9.84 Å². The Balaban J connectivity index is 1.58. The predicted octanol–water partition coefficient (Wildman–Crippen LogP) is 1.96. The van der Waals surface area contributed by atoms with Gasteiger partial charge in [0.15, 0.2) is 0 Å². The minimum atomic E-state index is 0.0206. The minimum Gasteiger partial charge on any atom is -0.494 e. The van der Waals surface area contributed by atoms with Gasteiger partial charge in [0.25, 0.3) is 0 Å². The Bertz CT molecular complexity index is 317. The summed E-state index contributed by atoms with van der Waals surface area (Å²) in [5.74, 6) is 0.924. The highest BCUT2D eigenvalue weighted by atomic mass is 16.5. The van der Waals surface area contributed by atoms with Gasteiger partial charge >= 0.3 is 0 Å². The van der Waals surface area contributed by atoms with Crippen LogP contribution in [0.1, 0.15) is 25.7 Å². The molecule has 0 spiro atoms. The first kappa shape index (κ1) is 12.4. The van der Waals surface area contributed by atoms with E-state index >= 15 is 0 Å². The fourth-order valence-electron chi connectivity index (χ4n) is 2.13. The van der Waals surface area contributed by atoms with Crippen molar-refractivity contribution in [3.05, 3.63) is 30.3 Å². The van der Waals surface area contributed by atoms with Gasteiger partial charge in [-0.05, 0) is 44.4 Å². The molecule has 1 fully saturated rings. The molecule has 0 bridgehead atoms. The number of ether oxygens (including phenoxy) is 1. The Morgan fingerprint density at radius 1 is 1.24 bits per heavy atom. The highest BCUT2D eigenvalue weighted by Crippen LogP contribution is 2.30. The van der Waals surface area contributed by atoms with Gasteiger partial charge in [-0.15, -0.1) is 0 Å². The maximum absolute atomic E-state index is 9.28. The molecule has 94 valence electrons. The third kappa shape index (κ3) is 3.45. The van der Waals surface area contributed by atoms with Crippen molar-refractivity contribution in [2.24, 2.45) is 0 Å². The van der Waals surface area contributed by atoms with E-state index in [2.05, 4.69) is 5.32 Å². The number of rotatable bonds is 7. The molecule has 0 saturated heterocycles. The summed E-state index contributed by atoms with van der Waals surface area (Å²) in [5.41, 5.74) is 0.0206. The van der Waals surface area contributed by atoms with E-state index in [4.69, 9.17) is 4.74 Å². The summed E-state index contributed by atoms with van der Waals surface area (Å²) in [4.78, 5) is 0. The fraction of sp³-hybridized carbons (Fsp3) is 0.571. The van der Waals surface area contributed by atoms with Gasteiger partial charge in [-0.3, -0.25) is 0 Å². The molecule has 0 amide bonds. The van der Waals surface area contributed by atoms with Crippen LogP contribution in [0.2, 0.25) is 0 Å². The molecule has 0 radical (unpaired) electrons. The molecule has 1 aliphatic rings. The van der Waals surface area contributed by atoms with Crippen LogP contribution >= 0.6 is 0 Å². The summed E-state index contributed by atoms with van der Waals surface area (Å²) in [6, 6.07) is 9.87. The molecular weight excluding hydrogens is 214 g/mol. The van der Waals surface area contributed by atoms with Gasteiger partial charge in [-0.1, -0.05) is 18.2 Å². The van der Waals surface area contributed by atoms with Crippen LogP contribution in [-0.4, -0.2) is 30.4 Å². The summed E-state index contributed by atoms with van der Waals surface area (Å²) >= 11 is 0. The van der Waals surface area contributed by atoms with E-state index in [1.54, 1.807) is 0 Å². The van der Waals surface area contributed by atoms with Crippen LogP contribution in [0.4, 0.5) is 0 Å². The molecule has 0 aliphatic heterocycles. The number of aliphatic hydroxyl groups excluding tert-OH is 1. The molecule has 0 heterocycles. The lowest BCUT2D eigenvalue weighted by atomic mass is 9.77. The quantitative estimate of drug-likeness (QED) is 0.710. The second-order valence-electron chi connectivity index (χ2n) is 4.73. The summed E-state index contributed by atoms with van der Waals surface area (Å²) < 4.78 is 5.60. The highest BCUT2D eigenvalue weighted by molar-refractivity contribution is 5.20. The van der Waals surface area contributed by atoms with E-state index in [0.717, 1.165) is 38.2 Å². The fourth-order valence-corrected chi connectivity index (χ4v) is 2.13. The van der Waals surface area contributed by atoms with Crippen LogP contribution in [0.15, 0.2) is 30.3 Å². The van der Waals surface area contributed by atoms with Crippen LogP contribution in [0.5, 0.6) is 5.75 Å². The average molecular weight is 235 g/mol. The minimum absolute atomic E-state index is 0.0206. The Morgan fingerprint density at radius 2 is 2.00 bits per heavy atom. The molecule has 1 saturated carbocycles. The van der Waals surface area contributed by atoms with Gasteiger partial charge < -0.3 is 15.2 Å². The number of hydrogen-bond acceptors (Lipinski definition) is 3. The molecule has 1 aromatic carbocycles. The average Bonchev–Trinajstić information content (AvgIpc) is 2.33. The van der Waals surface area contributed by atoms with Gasteiger partial charge in [0.2, 0.25) is 0 Å². The van der Waals surface area contributed by atoms with Crippen molar-refractivity contribution in [1.29, 1.82) is 0 Å². The third-order valence-electron chi connectivity index (χ3n) is 3.45. The Kier molecular flexibility index (Phi) is 4.40. The molecule has 0 atom stereocenters. The lowest BCUT2D eigenvalue weighted by Gasteiger charge is -2.41. The Morgan fingerprint density at radius 3 is 2.59 bits per heavy atom. The first-order valence-corrected chi connectivity index (χ1v) is 6.38. The summed E-state index contributed by atoms with van der Waals surface area (Å²) in [6.07, 6.45) is 4.40. The molecule has 0 aromatic heterocycles. The molecule has 1 aromatic rings. The predicted molar refractivity (Wildman–Crippen MR) is 68.2 cm³/mol. The van der Waals surface area contributed by atoms with E-state index in [0.29, 0.717) is 0 Å². The van der Waals surface area contributed by atoms with Crippen molar-refractivity contribution in [2.45, 2.75) is 31.2 Å². The van der Waals surface area contributed by atoms with Gasteiger partial charge in [-0.25, -0.2) is 0 Å². The van der Waals surface area contributed by atoms with Gasteiger partial charge in [-0.2, -0.15) is 0 Å². The van der Waals surface area contributed by atoms with Crippen LogP contribution in [-0.2, 0) is 0 Å². The third-order valence-corrected chi connectivity index (χ3v) is 3.45. The van der Waals surface area contributed by atoms with Crippen LogP contribution < -0.4 is 10.1 Å². The largest absolute Gasteiger partial charge is 0.494 e. The van der Waals surface area contributed by atoms with E-state index in [1.807, 2.05) is 30.3 Å². The molecule has 2 rings (SSSR count). The number of benzene rings is 1. The Labute approximate surface area is 103 Å². The molecule has 1 aliphatic carbocycles. The smallest absolute Gasteiger partial charge is 0.119 e. The summed E-state index contributed by atoms with van der Waals surface area (Å²) in [7, 11) is 0. The van der Waals surface area contributed by atoms with Crippen molar-refractivity contribution >= 4 is 0 Å². The van der Waals surface area contributed by atoms with Gasteiger partial charge in [0, 0.05) is 5.54 Å². The monoisotopic (exact) mass is 235 g/mol. The molecule has 3 heteroatoms. The van der Waals surface area contributed by atoms with Crippen molar-refractivity contribution in [3.8, 4) is 5.75 Å². The molecule has 0 unspecified atom stereocenters. The van der Waals surface area contributed by atoms with Gasteiger partial charge in [0.1, 0.15) is 5.75 Å². The first-order chi connectivity index (χ1) is 8.35. The van der Waals surface area contributed by atoms with E-state index in [9.17, 15) is 5.11 Å². The zero-order valence-electron chi connectivity index (χ0n) is 10.2. The van der Waals surface area contributed by atoms with Gasteiger partial charge in [0.05, 0.1) is 13.2 Å². The van der Waals surface area contributed by atoms with Crippen LogP contribution in [0.3, 0.4) is 0 Å². The second-order valence-corrected chi connectivity index (χ2v) is 4.73. The maximum Gasteiger partial charge on any atom is 0.119 e. The molecular formula is C14H21NO2. The van der Waals surface area contributed by atoms with E-state index in [-0.39, 0.29) is 12.1 Å². The SMILES string of the molecule is OCC1(NCCCOc2ccccc2)CCC1. The number of hydrogen-bond donors (Lipinski definition) is 2. The standard InChI is InChI=1S/C14H21NO2/c16-12-14(8-4-9-14)15-10-5-11-17-13-6-2-1-3-7-13/h1-3,6-7,15-16H,4-5,8-12H2. The first-order valence-electron chi connectivity index (χ1n) is 6.38. The van der Waals surface area contributed by atoms with Crippen molar-refractivity contribution in [1.82, 2.24) is 5.32 Å².